The Kier molecular flexibility index (Phi) is 4.41. The number of anilines is 2. The fraction of sp³-hybridized carbons (Fsp3) is 0.0625. The summed E-state index contributed by atoms with van der Waals surface area (Å²) in [6.07, 6.45) is 5.93. The Balaban J connectivity index is 1.73. The predicted octanol–water partition coefficient (Wildman–Crippen LogP) is 3.39. The second kappa shape index (κ2) is 6.82. The van der Waals surface area contributed by atoms with Gasteiger partial charge in [0, 0.05) is 30.7 Å². The van der Waals surface area contributed by atoms with Gasteiger partial charge in [-0.2, -0.15) is 0 Å². The van der Waals surface area contributed by atoms with Crippen molar-refractivity contribution in [2.45, 2.75) is 6.54 Å². The molecule has 1 aromatic carbocycles. The molecule has 5 nitrogen and oxygen atoms in total. The first-order valence-corrected chi connectivity index (χ1v) is 7.56. The number of aromatic nitrogens is 2. The third kappa shape index (κ3) is 3.48. The van der Waals surface area contributed by atoms with Crippen LogP contribution in [0.4, 0.5) is 10.8 Å². The lowest BCUT2D eigenvalue weighted by atomic mass is 10.2. The molecular weight excluding hydrogens is 296 g/mol. The fourth-order valence-corrected chi connectivity index (χ4v) is 2.75. The Morgan fingerprint density at radius 1 is 1.14 bits per heavy atom. The molecular formula is C16H14N4OS. The van der Waals surface area contributed by atoms with E-state index in [0.29, 0.717) is 11.5 Å². The Bertz CT molecular complexity index is 758. The molecule has 110 valence electrons. The van der Waals surface area contributed by atoms with Gasteiger partial charge in [0.1, 0.15) is 0 Å². The van der Waals surface area contributed by atoms with E-state index in [9.17, 15) is 4.79 Å². The number of nitrogens with zero attached hydrogens (tertiary/aromatic N) is 2. The van der Waals surface area contributed by atoms with Gasteiger partial charge in [-0.15, -0.1) is 0 Å². The van der Waals surface area contributed by atoms with Crippen LogP contribution in [0.1, 0.15) is 5.56 Å². The van der Waals surface area contributed by atoms with Gasteiger partial charge in [0.2, 0.25) is 6.41 Å². The highest BCUT2D eigenvalue weighted by molar-refractivity contribution is 7.19. The normalized spacial score (nSPS) is 10.2. The van der Waals surface area contributed by atoms with Gasteiger partial charge >= 0.3 is 0 Å². The zero-order valence-corrected chi connectivity index (χ0v) is 12.5. The number of pyridine rings is 1. The minimum Gasteiger partial charge on any atom is -0.380 e. The minimum atomic E-state index is 0.577. The maximum atomic E-state index is 10.4. The maximum absolute atomic E-state index is 10.4. The van der Waals surface area contributed by atoms with Crippen LogP contribution >= 0.6 is 11.3 Å². The smallest absolute Gasteiger partial charge is 0.213 e. The van der Waals surface area contributed by atoms with E-state index in [2.05, 4.69) is 32.7 Å². The van der Waals surface area contributed by atoms with Gasteiger partial charge in [-0.25, -0.2) is 4.98 Å². The summed E-state index contributed by atoms with van der Waals surface area (Å²) in [6, 6.07) is 12.2. The van der Waals surface area contributed by atoms with Crippen molar-refractivity contribution in [1.29, 1.82) is 0 Å². The van der Waals surface area contributed by atoms with E-state index in [1.807, 2.05) is 24.3 Å². The second-order valence-corrected chi connectivity index (χ2v) is 5.62. The van der Waals surface area contributed by atoms with Gasteiger partial charge in [-0.1, -0.05) is 41.7 Å². The van der Waals surface area contributed by atoms with Crippen LogP contribution < -0.4 is 10.6 Å². The van der Waals surface area contributed by atoms with Gasteiger partial charge in [0.05, 0.1) is 10.6 Å². The minimum absolute atomic E-state index is 0.577. The molecule has 22 heavy (non-hydrogen) atoms. The molecule has 0 saturated carbocycles. The first-order valence-electron chi connectivity index (χ1n) is 6.74. The second-order valence-electron chi connectivity index (χ2n) is 4.59. The standard InChI is InChI=1S/C16H14N4OS/c21-11-20-16-19-10-15(22-16)13-6-14(9-17-8-13)18-7-12-4-2-1-3-5-12/h1-6,8-11,18H,7H2,(H,19,20,21). The molecule has 0 aliphatic rings. The summed E-state index contributed by atoms with van der Waals surface area (Å²) in [5.74, 6) is 0. The summed E-state index contributed by atoms with van der Waals surface area (Å²) in [5.41, 5.74) is 3.12. The summed E-state index contributed by atoms with van der Waals surface area (Å²) in [7, 11) is 0. The van der Waals surface area contributed by atoms with Crippen molar-refractivity contribution in [2.24, 2.45) is 0 Å². The van der Waals surface area contributed by atoms with Crippen LogP contribution in [0.3, 0.4) is 0 Å². The average molecular weight is 310 g/mol. The third-order valence-electron chi connectivity index (χ3n) is 3.05. The molecule has 0 bridgehead atoms. The molecule has 0 aliphatic carbocycles. The van der Waals surface area contributed by atoms with Gasteiger partial charge in [0.25, 0.3) is 0 Å². The van der Waals surface area contributed by atoms with Gasteiger partial charge in [-0.3, -0.25) is 9.78 Å². The molecule has 3 aromatic rings. The number of nitrogens with one attached hydrogen (secondary N) is 2. The summed E-state index contributed by atoms with van der Waals surface area (Å²) in [4.78, 5) is 19.8. The molecule has 0 radical (unpaired) electrons. The Hall–Kier alpha value is -2.73. The van der Waals surface area contributed by atoms with E-state index >= 15 is 0 Å². The summed E-state index contributed by atoms with van der Waals surface area (Å²) in [6.45, 7) is 0.743. The van der Waals surface area contributed by atoms with Gasteiger partial charge in [-0.05, 0) is 11.6 Å². The zero-order chi connectivity index (χ0) is 15.2. The summed E-state index contributed by atoms with van der Waals surface area (Å²) in [5, 5.41) is 6.48. The number of rotatable bonds is 6. The number of carbonyl (C=O) groups is 1. The third-order valence-corrected chi connectivity index (χ3v) is 4.03. The van der Waals surface area contributed by atoms with Crippen molar-refractivity contribution in [1.82, 2.24) is 9.97 Å². The van der Waals surface area contributed by atoms with Crippen molar-refractivity contribution < 1.29 is 4.79 Å². The van der Waals surface area contributed by atoms with Crippen LogP contribution in [0.15, 0.2) is 55.0 Å². The molecule has 0 saturated heterocycles. The van der Waals surface area contributed by atoms with Crippen LogP contribution in [0.25, 0.3) is 10.4 Å². The molecule has 0 aliphatic heterocycles. The fourth-order valence-electron chi connectivity index (χ4n) is 2.00. The molecule has 0 spiro atoms. The first-order chi connectivity index (χ1) is 10.8. The van der Waals surface area contributed by atoms with Crippen LogP contribution in [0.5, 0.6) is 0 Å². The first kappa shape index (κ1) is 14.2. The van der Waals surface area contributed by atoms with E-state index in [1.165, 1.54) is 16.9 Å². The van der Waals surface area contributed by atoms with Gasteiger partial charge in [0.15, 0.2) is 5.13 Å². The van der Waals surface area contributed by atoms with Crippen molar-refractivity contribution >= 4 is 28.6 Å². The molecule has 2 heterocycles. The van der Waals surface area contributed by atoms with Crippen LogP contribution in [-0.2, 0) is 11.3 Å². The number of benzene rings is 1. The Morgan fingerprint density at radius 3 is 2.82 bits per heavy atom. The average Bonchev–Trinajstić information content (AvgIpc) is 3.03. The molecule has 2 N–H and O–H groups in total. The van der Waals surface area contributed by atoms with Crippen LogP contribution in [0, 0.1) is 0 Å². The topological polar surface area (TPSA) is 66.9 Å². The van der Waals surface area contributed by atoms with Crippen LogP contribution in [-0.4, -0.2) is 16.4 Å². The molecule has 1 amide bonds. The van der Waals surface area contributed by atoms with Crippen molar-refractivity contribution in [3.05, 3.63) is 60.6 Å². The summed E-state index contributed by atoms with van der Waals surface area (Å²) >= 11 is 1.41. The SMILES string of the molecule is O=CNc1ncc(-c2cncc(NCc3ccccc3)c2)s1. The number of hydrogen-bond donors (Lipinski definition) is 2. The maximum Gasteiger partial charge on any atom is 0.213 e. The zero-order valence-electron chi connectivity index (χ0n) is 11.7. The number of thiazole rings is 1. The lowest BCUT2D eigenvalue weighted by molar-refractivity contribution is -0.105. The van der Waals surface area contributed by atoms with E-state index in [0.717, 1.165) is 22.7 Å². The Morgan fingerprint density at radius 2 is 2.00 bits per heavy atom. The molecule has 3 rings (SSSR count). The lowest BCUT2D eigenvalue weighted by Gasteiger charge is -2.07. The van der Waals surface area contributed by atoms with E-state index < -0.39 is 0 Å². The number of carbonyl (C=O) groups excluding carboxylic acids is 1. The van der Waals surface area contributed by atoms with Crippen LogP contribution in [0.2, 0.25) is 0 Å². The highest BCUT2D eigenvalue weighted by Gasteiger charge is 2.05. The Labute approximate surface area is 132 Å². The molecule has 6 heteroatoms. The van der Waals surface area contributed by atoms with Crippen molar-refractivity contribution in [3.63, 3.8) is 0 Å². The molecule has 0 unspecified atom stereocenters. The van der Waals surface area contributed by atoms with Crippen molar-refractivity contribution in [3.8, 4) is 10.4 Å². The van der Waals surface area contributed by atoms with E-state index in [-0.39, 0.29) is 0 Å². The summed E-state index contributed by atoms with van der Waals surface area (Å²) < 4.78 is 0. The molecule has 0 atom stereocenters. The van der Waals surface area contributed by atoms with Crippen molar-refractivity contribution in [2.75, 3.05) is 10.6 Å². The molecule has 0 fully saturated rings. The largest absolute Gasteiger partial charge is 0.380 e. The van der Waals surface area contributed by atoms with E-state index in [1.54, 1.807) is 18.6 Å². The van der Waals surface area contributed by atoms with Gasteiger partial charge < -0.3 is 10.6 Å². The predicted molar refractivity (Wildman–Crippen MR) is 88.8 cm³/mol. The number of hydrogen-bond acceptors (Lipinski definition) is 5. The molecule has 2 aromatic heterocycles. The number of amides is 1. The quantitative estimate of drug-likeness (QED) is 0.685. The lowest BCUT2D eigenvalue weighted by Crippen LogP contribution is -1.99. The van der Waals surface area contributed by atoms with E-state index in [4.69, 9.17) is 0 Å². The highest BCUT2D eigenvalue weighted by atomic mass is 32.1. The highest BCUT2D eigenvalue weighted by Crippen LogP contribution is 2.29. The monoisotopic (exact) mass is 310 g/mol.